The molecule has 1 saturated carbocycles. The number of thioether (sulfide) groups is 1. The Balaban J connectivity index is 1.65. The number of hydrogen-bond acceptors (Lipinski definition) is 4. The minimum absolute atomic E-state index is 0.0857. The van der Waals surface area contributed by atoms with Crippen LogP contribution in [0.2, 0.25) is 0 Å². The van der Waals surface area contributed by atoms with Crippen LogP contribution < -0.4 is 5.32 Å². The van der Waals surface area contributed by atoms with Crippen LogP contribution in [0, 0.1) is 0 Å². The molecule has 0 saturated heterocycles. The summed E-state index contributed by atoms with van der Waals surface area (Å²) in [6.45, 7) is 0. The van der Waals surface area contributed by atoms with E-state index in [1.807, 2.05) is 24.3 Å². The van der Waals surface area contributed by atoms with Gasteiger partial charge in [0.05, 0.1) is 5.69 Å². The highest BCUT2D eigenvalue weighted by atomic mass is 32.2. The summed E-state index contributed by atoms with van der Waals surface area (Å²) in [6.07, 6.45) is 4.53. The van der Waals surface area contributed by atoms with Crippen molar-refractivity contribution in [2.75, 3.05) is 11.6 Å². The van der Waals surface area contributed by atoms with Crippen LogP contribution in [-0.2, 0) is 5.75 Å². The molecular weight excluding hydrogens is 288 g/mol. The van der Waals surface area contributed by atoms with E-state index in [0.29, 0.717) is 16.6 Å². The van der Waals surface area contributed by atoms with Gasteiger partial charge in [0, 0.05) is 22.6 Å². The lowest BCUT2D eigenvalue weighted by Gasteiger charge is -2.03. The Kier molecular flexibility index (Phi) is 4.08. The monoisotopic (exact) mass is 304 g/mol. The van der Waals surface area contributed by atoms with Crippen molar-refractivity contribution in [3.8, 4) is 0 Å². The summed E-state index contributed by atoms with van der Waals surface area (Å²) in [5.74, 6) is 1.51. The number of rotatable bonds is 5. The third-order valence-electron chi connectivity index (χ3n) is 3.27. The predicted molar refractivity (Wildman–Crippen MR) is 85.7 cm³/mol. The summed E-state index contributed by atoms with van der Waals surface area (Å²) in [5.41, 5.74) is 3.04. The first kappa shape index (κ1) is 13.6. The maximum atomic E-state index is 12.1. The van der Waals surface area contributed by atoms with E-state index in [0.717, 1.165) is 11.4 Å². The second kappa shape index (κ2) is 5.97. The average molecular weight is 304 g/mol. The van der Waals surface area contributed by atoms with Gasteiger partial charge in [0.1, 0.15) is 0 Å². The van der Waals surface area contributed by atoms with Crippen molar-refractivity contribution < 1.29 is 4.79 Å². The van der Waals surface area contributed by atoms with Crippen LogP contribution in [0.4, 0.5) is 5.13 Å². The molecular formula is C15H16N2OS2. The van der Waals surface area contributed by atoms with Crippen LogP contribution in [0.1, 0.15) is 40.4 Å². The zero-order valence-electron chi connectivity index (χ0n) is 11.3. The standard InChI is InChI=1S/C15H16N2OS2/c1-19-8-10-2-4-12(5-3-10)14(18)17-15-16-13(9-20-15)11-6-7-11/h2-5,9,11H,6-8H2,1H3,(H,16,17,18). The SMILES string of the molecule is CSCc1ccc(C(=O)Nc2nc(C3CC3)cs2)cc1. The van der Waals surface area contributed by atoms with Crippen LogP contribution in [0.3, 0.4) is 0 Å². The number of carbonyl (C=O) groups is 1. The maximum Gasteiger partial charge on any atom is 0.257 e. The zero-order valence-corrected chi connectivity index (χ0v) is 12.9. The number of anilines is 1. The molecule has 0 spiro atoms. The number of nitrogens with one attached hydrogen (secondary N) is 1. The van der Waals surface area contributed by atoms with Gasteiger partial charge in [-0.15, -0.1) is 11.3 Å². The van der Waals surface area contributed by atoms with Gasteiger partial charge in [-0.3, -0.25) is 10.1 Å². The second-order valence-electron chi connectivity index (χ2n) is 4.94. The topological polar surface area (TPSA) is 42.0 Å². The third kappa shape index (κ3) is 3.22. The fourth-order valence-corrected chi connectivity index (χ4v) is 3.31. The number of hydrogen-bond donors (Lipinski definition) is 1. The molecule has 5 heteroatoms. The first-order valence-corrected chi connectivity index (χ1v) is 8.88. The molecule has 104 valence electrons. The molecule has 1 aliphatic rings. The molecule has 2 aromatic rings. The van der Waals surface area contributed by atoms with E-state index in [9.17, 15) is 4.79 Å². The van der Waals surface area contributed by atoms with Crippen molar-refractivity contribution in [1.82, 2.24) is 4.98 Å². The van der Waals surface area contributed by atoms with Gasteiger partial charge >= 0.3 is 0 Å². The Bertz CT molecular complexity index is 603. The number of nitrogens with zero attached hydrogens (tertiary/aromatic N) is 1. The second-order valence-corrected chi connectivity index (χ2v) is 6.66. The van der Waals surface area contributed by atoms with Crippen molar-refractivity contribution >= 4 is 34.1 Å². The quantitative estimate of drug-likeness (QED) is 0.903. The molecule has 1 heterocycles. The van der Waals surface area contributed by atoms with Crippen LogP contribution >= 0.6 is 23.1 Å². The van der Waals surface area contributed by atoms with Crippen LogP contribution in [-0.4, -0.2) is 17.1 Å². The fourth-order valence-electron chi connectivity index (χ4n) is 2.00. The molecule has 0 radical (unpaired) electrons. The van der Waals surface area contributed by atoms with E-state index < -0.39 is 0 Å². The molecule has 3 nitrogen and oxygen atoms in total. The minimum Gasteiger partial charge on any atom is -0.298 e. The average Bonchev–Trinajstić information content (AvgIpc) is 3.21. The summed E-state index contributed by atoms with van der Waals surface area (Å²) < 4.78 is 0. The molecule has 0 atom stereocenters. The molecule has 1 fully saturated rings. The predicted octanol–water partition coefficient (Wildman–Crippen LogP) is 4.14. The molecule has 3 rings (SSSR count). The molecule has 0 bridgehead atoms. The van der Waals surface area contributed by atoms with Gasteiger partial charge in [-0.25, -0.2) is 4.98 Å². The highest BCUT2D eigenvalue weighted by molar-refractivity contribution is 7.97. The van der Waals surface area contributed by atoms with Crippen molar-refractivity contribution in [2.24, 2.45) is 0 Å². The smallest absolute Gasteiger partial charge is 0.257 e. The normalized spacial score (nSPS) is 14.2. The van der Waals surface area contributed by atoms with Crippen LogP contribution in [0.15, 0.2) is 29.6 Å². The Morgan fingerprint density at radius 3 is 2.80 bits per heavy atom. The van der Waals surface area contributed by atoms with Gasteiger partial charge in [-0.1, -0.05) is 12.1 Å². The van der Waals surface area contributed by atoms with E-state index in [2.05, 4.69) is 21.9 Å². The summed E-state index contributed by atoms with van der Waals surface area (Å²) in [7, 11) is 0. The molecule has 0 aliphatic heterocycles. The molecule has 1 amide bonds. The van der Waals surface area contributed by atoms with Crippen LogP contribution in [0.25, 0.3) is 0 Å². The first-order chi connectivity index (χ1) is 9.76. The van der Waals surface area contributed by atoms with Crippen molar-refractivity contribution in [1.29, 1.82) is 0 Å². The fraction of sp³-hybridized carbons (Fsp3) is 0.333. The van der Waals surface area contributed by atoms with Crippen LogP contribution in [0.5, 0.6) is 0 Å². The molecule has 1 aromatic carbocycles. The number of amides is 1. The van der Waals surface area contributed by atoms with Gasteiger partial charge in [0.2, 0.25) is 0 Å². The number of benzene rings is 1. The van der Waals surface area contributed by atoms with Crippen molar-refractivity contribution in [3.63, 3.8) is 0 Å². The number of aromatic nitrogens is 1. The van der Waals surface area contributed by atoms with E-state index in [-0.39, 0.29) is 5.91 Å². The third-order valence-corrected chi connectivity index (χ3v) is 4.66. The molecule has 20 heavy (non-hydrogen) atoms. The Morgan fingerprint density at radius 1 is 1.40 bits per heavy atom. The lowest BCUT2D eigenvalue weighted by molar-refractivity contribution is 0.102. The Hall–Kier alpha value is -1.33. The molecule has 1 aromatic heterocycles. The first-order valence-electron chi connectivity index (χ1n) is 6.61. The van der Waals surface area contributed by atoms with Gasteiger partial charge in [0.25, 0.3) is 5.91 Å². The van der Waals surface area contributed by atoms with Gasteiger partial charge in [-0.05, 0) is 36.8 Å². The Labute approximate surface area is 126 Å². The molecule has 0 unspecified atom stereocenters. The maximum absolute atomic E-state index is 12.1. The zero-order chi connectivity index (χ0) is 13.9. The number of thiazole rings is 1. The highest BCUT2D eigenvalue weighted by Crippen LogP contribution is 2.40. The van der Waals surface area contributed by atoms with Crippen molar-refractivity contribution in [3.05, 3.63) is 46.5 Å². The van der Waals surface area contributed by atoms with Gasteiger partial charge in [-0.2, -0.15) is 11.8 Å². The largest absolute Gasteiger partial charge is 0.298 e. The van der Waals surface area contributed by atoms with Gasteiger partial charge < -0.3 is 0 Å². The number of carbonyl (C=O) groups excluding carboxylic acids is 1. The summed E-state index contributed by atoms with van der Waals surface area (Å²) >= 11 is 3.28. The van der Waals surface area contributed by atoms with E-state index in [1.165, 1.54) is 29.7 Å². The van der Waals surface area contributed by atoms with E-state index in [4.69, 9.17) is 0 Å². The van der Waals surface area contributed by atoms with E-state index in [1.54, 1.807) is 11.8 Å². The lowest BCUT2D eigenvalue weighted by atomic mass is 10.1. The Morgan fingerprint density at radius 2 is 2.15 bits per heavy atom. The van der Waals surface area contributed by atoms with Gasteiger partial charge in [0.15, 0.2) is 5.13 Å². The molecule has 1 N–H and O–H groups in total. The van der Waals surface area contributed by atoms with Crippen molar-refractivity contribution in [2.45, 2.75) is 24.5 Å². The summed E-state index contributed by atoms with van der Waals surface area (Å²) in [4.78, 5) is 16.6. The lowest BCUT2D eigenvalue weighted by Crippen LogP contribution is -2.11. The summed E-state index contributed by atoms with van der Waals surface area (Å²) in [6, 6.07) is 7.75. The molecule has 1 aliphatic carbocycles. The highest BCUT2D eigenvalue weighted by Gasteiger charge is 2.26. The summed E-state index contributed by atoms with van der Waals surface area (Å²) in [5, 5.41) is 5.63. The minimum atomic E-state index is -0.0857. The van der Waals surface area contributed by atoms with E-state index >= 15 is 0 Å².